The molecule has 0 saturated carbocycles. The SMILES string of the molecule is c1ccc(-c2ccc(-c3cccc(N(c4ccc5c6ccccc6c6ccccc6c5c4)c4cccc5c4Cc4ccccc4-c4ccccc4Cc4ccccc4-5)c3)cc2)cc1. The number of hydrogen-bond donors (Lipinski definition) is 0. The molecule has 1 nitrogen and oxygen atoms in total. The minimum atomic E-state index is 0.767. The molecule has 0 fully saturated rings. The van der Waals surface area contributed by atoms with Gasteiger partial charge in [-0.15, -0.1) is 0 Å². The normalized spacial score (nSPS) is 12.0. The average molecular weight is 802 g/mol. The highest BCUT2D eigenvalue weighted by Gasteiger charge is 2.24. The van der Waals surface area contributed by atoms with Crippen LogP contribution in [0.2, 0.25) is 0 Å². The maximum Gasteiger partial charge on any atom is 0.0503 e. The Labute approximate surface area is 368 Å². The zero-order valence-electron chi connectivity index (χ0n) is 34.9. The lowest BCUT2D eigenvalue weighted by molar-refractivity contribution is 1.13. The van der Waals surface area contributed by atoms with Gasteiger partial charge in [0.05, 0.1) is 5.69 Å². The fourth-order valence-electron chi connectivity index (χ4n) is 10.2. The number of fused-ring (bicyclic) bond motifs is 12. The molecule has 0 unspecified atom stereocenters. The molecule has 296 valence electrons. The first kappa shape index (κ1) is 36.8. The first-order valence-electron chi connectivity index (χ1n) is 22.0. The van der Waals surface area contributed by atoms with E-state index in [1.165, 1.54) is 105 Å². The van der Waals surface area contributed by atoms with Crippen LogP contribution in [0.15, 0.2) is 237 Å². The van der Waals surface area contributed by atoms with E-state index >= 15 is 0 Å². The highest BCUT2D eigenvalue weighted by molar-refractivity contribution is 6.25. The van der Waals surface area contributed by atoms with Gasteiger partial charge in [-0.25, -0.2) is 0 Å². The van der Waals surface area contributed by atoms with Gasteiger partial charge < -0.3 is 4.90 Å². The van der Waals surface area contributed by atoms with E-state index in [1.54, 1.807) is 0 Å². The molecule has 0 heterocycles. The van der Waals surface area contributed by atoms with E-state index in [0.29, 0.717) is 0 Å². The maximum atomic E-state index is 2.52. The number of nitrogens with zero attached hydrogens (tertiary/aromatic N) is 1. The van der Waals surface area contributed by atoms with E-state index in [0.717, 1.165) is 24.2 Å². The molecule has 0 aliphatic heterocycles. The molecule has 0 radical (unpaired) electrons. The van der Waals surface area contributed by atoms with Crippen molar-refractivity contribution in [2.75, 3.05) is 4.90 Å². The summed E-state index contributed by atoms with van der Waals surface area (Å²) in [4.78, 5) is 2.52. The third kappa shape index (κ3) is 6.49. The molecule has 1 aliphatic carbocycles. The molecule has 0 amide bonds. The lowest BCUT2D eigenvalue weighted by Gasteiger charge is -2.31. The highest BCUT2D eigenvalue weighted by atomic mass is 15.1. The molecule has 0 bridgehead atoms. The van der Waals surface area contributed by atoms with Crippen molar-refractivity contribution in [2.45, 2.75) is 12.8 Å². The van der Waals surface area contributed by atoms with Crippen molar-refractivity contribution in [1.29, 1.82) is 0 Å². The van der Waals surface area contributed by atoms with Gasteiger partial charge in [0.25, 0.3) is 0 Å². The van der Waals surface area contributed by atoms with Gasteiger partial charge in [-0.1, -0.05) is 206 Å². The van der Waals surface area contributed by atoms with Crippen LogP contribution in [0.3, 0.4) is 0 Å². The molecule has 1 heteroatoms. The number of anilines is 3. The number of benzene rings is 11. The summed E-state index contributed by atoms with van der Waals surface area (Å²) in [5.41, 5.74) is 18.7. The predicted molar refractivity (Wildman–Crippen MR) is 267 cm³/mol. The number of rotatable bonds is 5. The largest absolute Gasteiger partial charge is 0.310 e. The van der Waals surface area contributed by atoms with Crippen molar-refractivity contribution in [1.82, 2.24) is 0 Å². The average Bonchev–Trinajstić information content (AvgIpc) is 3.35. The second kappa shape index (κ2) is 15.5. The van der Waals surface area contributed by atoms with Crippen molar-refractivity contribution in [3.05, 3.63) is 259 Å². The summed E-state index contributed by atoms with van der Waals surface area (Å²) >= 11 is 0. The second-order valence-corrected chi connectivity index (χ2v) is 16.8. The Bertz CT molecular complexity index is 3470. The van der Waals surface area contributed by atoms with Crippen molar-refractivity contribution >= 4 is 49.4 Å². The van der Waals surface area contributed by atoms with E-state index < -0.39 is 0 Å². The van der Waals surface area contributed by atoms with Crippen LogP contribution in [0.25, 0.3) is 76.8 Å². The quantitative estimate of drug-likeness (QED) is 0.157. The van der Waals surface area contributed by atoms with E-state index in [2.05, 4.69) is 241 Å². The van der Waals surface area contributed by atoms with Gasteiger partial charge >= 0.3 is 0 Å². The predicted octanol–water partition coefficient (Wildman–Crippen LogP) is 16.8. The Morgan fingerprint density at radius 1 is 0.254 bits per heavy atom. The molecule has 0 aromatic heterocycles. The Kier molecular flexibility index (Phi) is 9.04. The standard InChI is InChI=1S/C62H43N/c1-2-16-42(17-3-1)43-32-34-44(35-33-43)45-21-14-22-49(39-45)63(50-36-37-59-57-28-11-10-26-55(57)56-27-12-13-29-58(56)60(59)41-50)62-31-15-30-54-53-25-9-5-19-47(53)38-46-18-4-7-23-51(46)52-24-8-6-20-48(52)40-61(54)62/h1-37,39,41H,38,40H2. The van der Waals surface area contributed by atoms with Crippen LogP contribution in [-0.4, -0.2) is 0 Å². The Morgan fingerprint density at radius 2 is 0.683 bits per heavy atom. The first-order chi connectivity index (χ1) is 31.2. The zero-order chi connectivity index (χ0) is 41.7. The second-order valence-electron chi connectivity index (χ2n) is 16.8. The molecule has 0 atom stereocenters. The summed E-state index contributed by atoms with van der Waals surface area (Å²) < 4.78 is 0. The Balaban J connectivity index is 1.11. The van der Waals surface area contributed by atoms with Gasteiger partial charge in [-0.05, 0) is 136 Å². The molecule has 0 saturated heterocycles. The van der Waals surface area contributed by atoms with Crippen LogP contribution >= 0.6 is 0 Å². The van der Waals surface area contributed by atoms with Crippen LogP contribution in [-0.2, 0) is 12.8 Å². The number of hydrogen-bond acceptors (Lipinski definition) is 1. The third-order valence-corrected chi connectivity index (χ3v) is 13.2. The van der Waals surface area contributed by atoms with Gasteiger partial charge in [-0.3, -0.25) is 0 Å². The lowest BCUT2D eigenvalue weighted by Crippen LogP contribution is -2.14. The minimum Gasteiger partial charge on any atom is -0.310 e. The van der Waals surface area contributed by atoms with Crippen molar-refractivity contribution < 1.29 is 0 Å². The Hall–Kier alpha value is -8.00. The van der Waals surface area contributed by atoms with E-state index in [1.807, 2.05) is 0 Å². The smallest absolute Gasteiger partial charge is 0.0503 e. The van der Waals surface area contributed by atoms with Crippen LogP contribution < -0.4 is 4.90 Å². The van der Waals surface area contributed by atoms with Crippen LogP contribution in [0, 0.1) is 0 Å². The summed E-state index contributed by atoms with van der Waals surface area (Å²) in [6.45, 7) is 0. The summed E-state index contributed by atoms with van der Waals surface area (Å²) in [5, 5.41) is 7.60. The van der Waals surface area contributed by atoms with Crippen molar-refractivity contribution in [3.8, 4) is 44.5 Å². The van der Waals surface area contributed by atoms with Gasteiger partial charge in [-0.2, -0.15) is 0 Å². The van der Waals surface area contributed by atoms with Crippen molar-refractivity contribution in [3.63, 3.8) is 0 Å². The van der Waals surface area contributed by atoms with Crippen LogP contribution in [0.4, 0.5) is 17.1 Å². The monoisotopic (exact) mass is 801 g/mol. The topological polar surface area (TPSA) is 3.24 Å². The van der Waals surface area contributed by atoms with Crippen molar-refractivity contribution in [2.24, 2.45) is 0 Å². The zero-order valence-corrected chi connectivity index (χ0v) is 34.9. The molecule has 1 aliphatic rings. The van der Waals surface area contributed by atoms with E-state index in [9.17, 15) is 0 Å². The van der Waals surface area contributed by atoms with Crippen LogP contribution in [0.5, 0.6) is 0 Å². The summed E-state index contributed by atoms with van der Waals surface area (Å²) in [6.07, 6.45) is 1.62. The van der Waals surface area contributed by atoms with Gasteiger partial charge in [0.2, 0.25) is 0 Å². The molecule has 0 N–H and O–H groups in total. The van der Waals surface area contributed by atoms with Gasteiger partial charge in [0.15, 0.2) is 0 Å². The Morgan fingerprint density at radius 3 is 1.32 bits per heavy atom. The molecule has 0 spiro atoms. The molecular weight excluding hydrogens is 759 g/mol. The molecular formula is C62H43N. The highest BCUT2D eigenvalue weighted by Crippen LogP contribution is 2.46. The third-order valence-electron chi connectivity index (χ3n) is 13.2. The van der Waals surface area contributed by atoms with E-state index in [4.69, 9.17) is 0 Å². The van der Waals surface area contributed by atoms with E-state index in [-0.39, 0.29) is 0 Å². The minimum absolute atomic E-state index is 0.767. The summed E-state index contributed by atoms with van der Waals surface area (Å²) in [7, 11) is 0. The maximum absolute atomic E-state index is 2.52. The van der Waals surface area contributed by atoms with Crippen LogP contribution in [0.1, 0.15) is 22.3 Å². The summed E-state index contributed by atoms with van der Waals surface area (Å²) in [5.74, 6) is 0. The first-order valence-corrected chi connectivity index (χ1v) is 22.0. The van der Waals surface area contributed by atoms with Gasteiger partial charge in [0, 0.05) is 17.8 Å². The lowest BCUT2D eigenvalue weighted by atomic mass is 9.83. The molecule has 12 rings (SSSR count). The molecule has 11 aromatic carbocycles. The molecule has 63 heavy (non-hydrogen) atoms. The summed E-state index contributed by atoms with van der Waals surface area (Å²) in [6, 6.07) is 87.6. The molecule has 11 aromatic rings. The fourth-order valence-corrected chi connectivity index (χ4v) is 10.2. The fraction of sp³-hybridized carbons (Fsp3) is 0.0323. The van der Waals surface area contributed by atoms with Gasteiger partial charge in [0.1, 0.15) is 0 Å².